The van der Waals surface area contributed by atoms with Crippen molar-refractivity contribution in [1.82, 2.24) is 20.2 Å². The molecule has 256 valence electrons. The number of ether oxygens (including phenoxy) is 1. The number of fused-ring (bicyclic) bond motifs is 2. The zero-order valence-corrected chi connectivity index (χ0v) is 25.9. The van der Waals surface area contributed by atoms with E-state index in [2.05, 4.69) is 15.3 Å². The van der Waals surface area contributed by atoms with E-state index in [1.54, 1.807) is 12.1 Å². The zero-order valence-electron chi connectivity index (χ0n) is 25.9. The molecule has 0 radical (unpaired) electrons. The van der Waals surface area contributed by atoms with Crippen LogP contribution >= 0.6 is 0 Å². The topological polar surface area (TPSA) is 125 Å². The maximum absolute atomic E-state index is 14.6. The SMILES string of the molecule is O=C(NC1(C(=O)O)C2CC3CC(C2)CC1C3)c1cnc(N2CC3(CCOCC3)c3cc(C(=O)N4CC(F)(F)C4)ccc32)nc1C(F)(F)F. The highest BCUT2D eigenvalue weighted by molar-refractivity contribution is 5.99. The summed E-state index contributed by atoms with van der Waals surface area (Å²) >= 11 is 0. The van der Waals surface area contributed by atoms with Gasteiger partial charge >= 0.3 is 12.1 Å². The van der Waals surface area contributed by atoms with Crippen molar-refractivity contribution in [2.24, 2.45) is 23.7 Å². The Labute approximate surface area is 272 Å². The van der Waals surface area contributed by atoms with Gasteiger partial charge in [0.05, 0.1) is 18.7 Å². The van der Waals surface area contributed by atoms with Crippen LogP contribution in [-0.2, 0) is 21.1 Å². The number of hydrogen-bond donors (Lipinski definition) is 2. The Morgan fingerprint density at radius 3 is 2.19 bits per heavy atom. The average Bonchev–Trinajstić information content (AvgIpc) is 3.32. The van der Waals surface area contributed by atoms with Crippen molar-refractivity contribution in [3.63, 3.8) is 0 Å². The van der Waals surface area contributed by atoms with E-state index in [4.69, 9.17) is 4.74 Å². The van der Waals surface area contributed by atoms with Gasteiger partial charge in [-0.15, -0.1) is 0 Å². The molecule has 6 fully saturated rings. The van der Waals surface area contributed by atoms with Gasteiger partial charge in [0.15, 0.2) is 5.69 Å². The second kappa shape index (κ2) is 10.6. The van der Waals surface area contributed by atoms with E-state index < -0.39 is 65.2 Å². The zero-order chi connectivity index (χ0) is 33.8. The molecule has 1 aromatic carbocycles. The molecule has 2 amide bonds. The molecule has 9 rings (SSSR count). The average molecular weight is 676 g/mol. The number of nitrogens with zero attached hydrogens (tertiary/aromatic N) is 4. The van der Waals surface area contributed by atoms with Crippen LogP contribution in [-0.4, -0.2) is 82.1 Å². The fraction of sp³-hybridized carbons (Fsp3) is 0.606. The van der Waals surface area contributed by atoms with Crippen LogP contribution in [0, 0.1) is 23.7 Å². The largest absolute Gasteiger partial charge is 0.479 e. The lowest BCUT2D eigenvalue weighted by Gasteiger charge is -2.59. The summed E-state index contributed by atoms with van der Waals surface area (Å²) in [4.78, 5) is 50.1. The number of rotatable bonds is 5. The minimum atomic E-state index is -5.07. The van der Waals surface area contributed by atoms with Gasteiger partial charge in [-0.05, 0) is 92.4 Å². The van der Waals surface area contributed by atoms with Gasteiger partial charge in [0.1, 0.15) is 5.54 Å². The van der Waals surface area contributed by atoms with Crippen LogP contribution < -0.4 is 10.2 Å². The molecule has 0 unspecified atom stereocenters. The highest BCUT2D eigenvalue weighted by atomic mass is 19.4. The second-order valence-corrected chi connectivity index (χ2v) is 14.6. The predicted octanol–water partition coefficient (Wildman–Crippen LogP) is 4.80. The Morgan fingerprint density at radius 2 is 1.60 bits per heavy atom. The number of aromatic nitrogens is 2. The number of halogens is 5. The molecule has 2 N–H and O–H groups in total. The van der Waals surface area contributed by atoms with Crippen LogP contribution in [0.15, 0.2) is 24.4 Å². The molecule has 2 saturated heterocycles. The highest BCUT2D eigenvalue weighted by Crippen LogP contribution is 2.58. The summed E-state index contributed by atoms with van der Waals surface area (Å²) in [7, 11) is 0. The number of likely N-dealkylation sites (tertiary alicyclic amines) is 1. The van der Waals surface area contributed by atoms with Crippen molar-refractivity contribution in [1.29, 1.82) is 0 Å². The second-order valence-electron chi connectivity index (χ2n) is 14.6. The summed E-state index contributed by atoms with van der Waals surface area (Å²) in [5.74, 6) is -6.22. The van der Waals surface area contributed by atoms with E-state index >= 15 is 0 Å². The normalized spacial score (nSPS) is 31.0. The molecule has 4 saturated carbocycles. The first-order valence-corrected chi connectivity index (χ1v) is 16.4. The molecular formula is C33H34F5N5O5. The summed E-state index contributed by atoms with van der Waals surface area (Å²) in [6.07, 6.45) is 0.184. The quantitative estimate of drug-likeness (QED) is 0.434. The maximum atomic E-state index is 14.6. The first-order chi connectivity index (χ1) is 22.7. The monoisotopic (exact) mass is 675 g/mol. The lowest BCUT2D eigenvalue weighted by Crippen LogP contribution is -2.70. The van der Waals surface area contributed by atoms with Gasteiger partial charge in [-0.3, -0.25) is 9.59 Å². The van der Waals surface area contributed by atoms with Crippen LogP contribution in [0.1, 0.15) is 76.9 Å². The molecule has 4 heterocycles. The van der Waals surface area contributed by atoms with Crippen LogP contribution in [0.2, 0.25) is 0 Å². The van der Waals surface area contributed by atoms with E-state index in [1.807, 2.05) is 0 Å². The number of carboxylic acid groups (broad SMARTS) is 1. The third-order valence-electron chi connectivity index (χ3n) is 11.8. The third-order valence-corrected chi connectivity index (χ3v) is 11.8. The molecule has 7 aliphatic rings. The molecule has 1 spiro atoms. The number of nitrogens with one attached hydrogen (secondary N) is 1. The Kier molecular flexibility index (Phi) is 6.90. The van der Waals surface area contributed by atoms with Crippen molar-refractivity contribution in [3.05, 3.63) is 46.8 Å². The van der Waals surface area contributed by atoms with Crippen LogP contribution in [0.25, 0.3) is 0 Å². The fourth-order valence-electron chi connectivity index (χ4n) is 9.68. The highest BCUT2D eigenvalue weighted by Gasteiger charge is 2.62. The van der Waals surface area contributed by atoms with Gasteiger partial charge in [0.25, 0.3) is 17.7 Å². The van der Waals surface area contributed by atoms with Crippen molar-refractivity contribution < 1.29 is 46.2 Å². The molecule has 15 heteroatoms. The van der Waals surface area contributed by atoms with E-state index in [9.17, 15) is 41.4 Å². The van der Waals surface area contributed by atoms with E-state index in [1.165, 1.54) is 11.0 Å². The van der Waals surface area contributed by atoms with E-state index in [0.717, 1.165) is 17.5 Å². The van der Waals surface area contributed by atoms with Crippen LogP contribution in [0.4, 0.5) is 33.6 Å². The number of carboxylic acids is 1. The Bertz CT molecular complexity index is 1670. The summed E-state index contributed by atoms with van der Waals surface area (Å²) < 4.78 is 76.4. The molecule has 0 atom stereocenters. The molecule has 48 heavy (non-hydrogen) atoms. The van der Waals surface area contributed by atoms with Crippen molar-refractivity contribution in [2.45, 2.75) is 68.0 Å². The standard InChI is InChI=1S/C33H34F5N5O5/c34-31(35)15-42(16-31)27(45)19-1-2-24-23(12-19)30(3-5-48-6-4-30)14-43(24)29-39-13-22(25(40-29)33(36,37)38)26(44)41-32(28(46)47)20-8-17-7-18(10-20)11-21(32)9-17/h1-2,12-13,17-18,20-21H,3-11,14-16H2,(H,41,44)(H,46,47). The molecule has 3 aliphatic heterocycles. The lowest BCUT2D eigenvalue weighted by molar-refractivity contribution is -0.163. The third kappa shape index (κ3) is 4.78. The maximum Gasteiger partial charge on any atom is 0.434 e. The number of alkyl halides is 5. The summed E-state index contributed by atoms with van der Waals surface area (Å²) in [5, 5.41) is 13.0. The van der Waals surface area contributed by atoms with Gasteiger partial charge < -0.3 is 25.0 Å². The lowest BCUT2D eigenvalue weighted by atomic mass is 9.48. The summed E-state index contributed by atoms with van der Waals surface area (Å²) in [5.41, 5.74) is -3.30. The Hall–Kier alpha value is -3.88. The van der Waals surface area contributed by atoms with E-state index in [-0.39, 0.29) is 29.9 Å². The molecular weight excluding hydrogens is 641 g/mol. The molecule has 1 aromatic heterocycles. The Balaban J connectivity index is 1.13. The Morgan fingerprint density at radius 1 is 0.958 bits per heavy atom. The van der Waals surface area contributed by atoms with Crippen LogP contribution in [0.3, 0.4) is 0 Å². The number of aliphatic carboxylic acids is 1. The molecule has 10 nitrogen and oxygen atoms in total. The number of benzene rings is 1. The first kappa shape index (κ1) is 31.4. The smallest absolute Gasteiger partial charge is 0.434 e. The van der Waals surface area contributed by atoms with Crippen molar-refractivity contribution in [3.8, 4) is 0 Å². The number of anilines is 2. The van der Waals surface area contributed by atoms with Crippen molar-refractivity contribution in [2.75, 3.05) is 37.7 Å². The molecule has 4 bridgehead atoms. The fourth-order valence-corrected chi connectivity index (χ4v) is 9.68. The number of amides is 2. The minimum absolute atomic E-state index is 0.168. The van der Waals surface area contributed by atoms with Gasteiger partial charge in [0.2, 0.25) is 5.95 Å². The minimum Gasteiger partial charge on any atom is -0.479 e. The van der Waals surface area contributed by atoms with Gasteiger partial charge in [-0.25, -0.2) is 23.5 Å². The molecule has 2 aromatic rings. The number of carbonyl (C=O) groups excluding carboxylic acids is 2. The van der Waals surface area contributed by atoms with Crippen molar-refractivity contribution >= 4 is 29.4 Å². The van der Waals surface area contributed by atoms with E-state index in [0.29, 0.717) is 74.8 Å². The van der Waals surface area contributed by atoms with Gasteiger partial charge in [-0.1, -0.05) is 0 Å². The number of carbonyl (C=O) groups is 3. The summed E-state index contributed by atoms with van der Waals surface area (Å²) in [6, 6.07) is 4.62. The number of hydrogen-bond acceptors (Lipinski definition) is 7. The van der Waals surface area contributed by atoms with Gasteiger partial charge in [-0.2, -0.15) is 13.2 Å². The molecule has 4 aliphatic carbocycles. The van der Waals surface area contributed by atoms with Crippen LogP contribution in [0.5, 0.6) is 0 Å². The first-order valence-electron chi connectivity index (χ1n) is 16.4. The predicted molar refractivity (Wildman–Crippen MR) is 158 cm³/mol. The van der Waals surface area contributed by atoms with Gasteiger partial charge in [0, 0.05) is 42.6 Å². The summed E-state index contributed by atoms with van der Waals surface area (Å²) in [6.45, 7) is -0.462.